The van der Waals surface area contributed by atoms with Crippen LogP contribution in [0.25, 0.3) is 0 Å². The maximum absolute atomic E-state index is 5.54. The molecule has 0 bridgehead atoms. The summed E-state index contributed by atoms with van der Waals surface area (Å²) < 4.78 is 5.34. The van der Waals surface area contributed by atoms with E-state index in [9.17, 15) is 0 Å². The largest absolute Gasteiger partial charge is 0.339 e. The average molecular weight is 273 g/mol. The van der Waals surface area contributed by atoms with Gasteiger partial charge < -0.3 is 10.3 Å². The molecule has 0 saturated carbocycles. The second kappa shape index (κ2) is 6.11. The van der Waals surface area contributed by atoms with Gasteiger partial charge in [0.05, 0.1) is 5.25 Å². The van der Waals surface area contributed by atoms with E-state index < -0.39 is 0 Å². The number of hydrogen-bond acceptors (Lipinski definition) is 6. The number of aromatic nitrogens is 2. The van der Waals surface area contributed by atoms with Gasteiger partial charge in [-0.3, -0.25) is 0 Å². The molecule has 1 aromatic heterocycles. The summed E-state index contributed by atoms with van der Waals surface area (Å²) in [5.41, 5.74) is 5.54. The minimum atomic E-state index is 0.262. The summed E-state index contributed by atoms with van der Waals surface area (Å²) in [5.74, 6) is 4.23. The summed E-state index contributed by atoms with van der Waals surface area (Å²) in [5, 5.41) is 5.06. The highest BCUT2D eigenvalue weighted by Crippen LogP contribution is 2.41. The predicted octanol–water partition coefficient (Wildman–Crippen LogP) is 2.43. The molecular formula is C11H19N3OS2. The number of thioether (sulfide) groups is 2. The number of hydrogen-bond donors (Lipinski definition) is 1. The third-order valence-electron chi connectivity index (χ3n) is 2.92. The molecule has 17 heavy (non-hydrogen) atoms. The minimum Gasteiger partial charge on any atom is -0.339 e. The Morgan fingerprint density at radius 2 is 2.24 bits per heavy atom. The first-order valence-corrected chi connectivity index (χ1v) is 8.09. The molecule has 2 N–H and O–H groups in total. The van der Waals surface area contributed by atoms with Gasteiger partial charge in [0.1, 0.15) is 0 Å². The monoisotopic (exact) mass is 273 g/mol. The summed E-state index contributed by atoms with van der Waals surface area (Å²) in [4.78, 5) is 4.54. The van der Waals surface area contributed by atoms with Gasteiger partial charge >= 0.3 is 0 Å². The van der Waals surface area contributed by atoms with Crippen molar-refractivity contribution in [3.63, 3.8) is 0 Å². The van der Waals surface area contributed by atoms with Crippen molar-refractivity contribution in [2.75, 3.05) is 18.1 Å². The molecule has 0 spiro atoms. The maximum Gasteiger partial charge on any atom is 0.229 e. The highest BCUT2D eigenvalue weighted by Gasteiger charge is 2.29. The van der Waals surface area contributed by atoms with Crippen LogP contribution in [-0.4, -0.2) is 33.4 Å². The zero-order valence-electron chi connectivity index (χ0n) is 10.3. The van der Waals surface area contributed by atoms with Gasteiger partial charge in [0, 0.05) is 22.7 Å². The maximum atomic E-state index is 5.54. The Labute approximate surface area is 110 Å². The number of nitrogens with two attached hydrogens (primary N) is 1. The summed E-state index contributed by atoms with van der Waals surface area (Å²) >= 11 is 3.92. The summed E-state index contributed by atoms with van der Waals surface area (Å²) in [6.45, 7) is 4.97. The number of rotatable bonds is 4. The molecule has 3 atom stereocenters. The third-order valence-corrected chi connectivity index (χ3v) is 6.01. The van der Waals surface area contributed by atoms with Gasteiger partial charge in [-0.25, -0.2) is 0 Å². The van der Waals surface area contributed by atoms with Crippen LogP contribution in [0.1, 0.15) is 43.2 Å². The molecule has 1 aliphatic heterocycles. The smallest absolute Gasteiger partial charge is 0.229 e. The molecule has 0 radical (unpaired) electrons. The Hall–Kier alpha value is -0.200. The lowest BCUT2D eigenvalue weighted by atomic mass is 10.1. The molecule has 96 valence electrons. The highest BCUT2D eigenvalue weighted by molar-refractivity contribution is 8.06. The molecule has 4 nitrogen and oxygen atoms in total. The summed E-state index contributed by atoms with van der Waals surface area (Å²) in [7, 11) is 0. The second-order valence-corrected chi connectivity index (χ2v) is 7.07. The molecule has 2 heterocycles. The van der Waals surface area contributed by atoms with Crippen LogP contribution in [0.4, 0.5) is 0 Å². The van der Waals surface area contributed by atoms with Gasteiger partial charge in [-0.15, -0.1) is 11.8 Å². The van der Waals surface area contributed by atoms with Crippen LogP contribution in [0.5, 0.6) is 0 Å². The Morgan fingerprint density at radius 3 is 2.94 bits per heavy atom. The quantitative estimate of drug-likeness (QED) is 0.909. The van der Waals surface area contributed by atoms with Gasteiger partial charge in [-0.2, -0.15) is 16.7 Å². The topological polar surface area (TPSA) is 64.9 Å². The summed E-state index contributed by atoms with van der Waals surface area (Å²) in [6, 6.07) is 0. The SMILES string of the molecule is CC(CCN)c1nc(C2SCCSC2C)no1. The van der Waals surface area contributed by atoms with E-state index in [1.54, 1.807) is 0 Å². The van der Waals surface area contributed by atoms with Crippen LogP contribution in [0.2, 0.25) is 0 Å². The molecule has 0 aliphatic carbocycles. The fourth-order valence-electron chi connectivity index (χ4n) is 1.85. The molecule has 0 aromatic carbocycles. The predicted molar refractivity (Wildman–Crippen MR) is 73.5 cm³/mol. The first-order valence-electron chi connectivity index (χ1n) is 5.99. The van der Waals surface area contributed by atoms with E-state index in [0.29, 0.717) is 17.0 Å². The Kier molecular flexibility index (Phi) is 4.76. The first kappa shape index (κ1) is 13.2. The van der Waals surface area contributed by atoms with Crippen LogP contribution in [-0.2, 0) is 0 Å². The molecule has 1 aromatic rings. The fraction of sp³-hybridized carbons (Fsp3) is 0.818. The molecule has 1 fully saturated rings. The Morgan fingerprint density at radius 1 is 1.47 bits per heavy atom. The van der Waals surface area contributed by atoms with Crippen molar-refractivity contribution in [2.24, 2.45) is 5.73 Å². The van der Waals surface area contributed by atoms with Gasteiger partial charge in [-0.05, 0) is 13.0 Å². The van der Waals surface area contributed by atoms with E-state index in [1.807, 2.05) is 23.5 Å². The van der Waals surface area contributed by atoms with E-state index in [2.05, 4.69) is 24.0 Å². The number of nitrogens with zero attached hydrogens (tertiary/aromatic N) is 2. The van der Waals surface area contributed by atoms with Gasteiger partial charge in [0.15, 0.2) is 5.82 Å². The van der Waals surface area contributed by atoms with Gasteiger partial charge in [0.2, 0.25) is 5.89 Å². The summed E-state index contributed by atoms with van der Waals surface area (Å²) in [6.07, 6.45) is 0.893. The van der Waals surface area contributed by atoms with Crippen LogP contribution in [0, 0.1) is 0 Å². The fourth-order valence-corrected chi connectivity index (χ4v) is 4.53. The van der Waals surface area contributed by atoms with Crippen molar-refractivity contribution in [2.45, 2.75) is 36.7 Å². The molecular weight excluding hydrogens is 254 g/mol. The van der Waals surface area contributed by atoms with Crippen molar-refractivity contribution in [3.8, 4) is 0 Å². The molecule has 1 aliphatic rings. The van der Waals surface area contributed by atoms with E-state index >= 15 is 0 Å². The first-order chi connectivity index (χ1) is 8.22. The van der Waals surface area contributed by atoms with Crippen molar-refractivity contribution in [1.82, 2.24) is 10.1 Å². The van der Waals surface area contributed by atoms with Gasteiger partial charge in [0.25, 0.3) is 0 Å². The molecule has 3 unspecified atom stereocenters. The normalized spacial score (nSPS) is 27.0. The van der Waals surface area contributed by atoms with E-state index in [0.717, 1.165) is 18.1 Å². The molecule has 1 saturated heterocycles. The van der Waals surface area contributed by atoms with Crippen LogP contribution in [0.15, 0.2) is 4.52 Å². The van der Waals surface area contributed by atoms with E-state index in [-0.39, 0.29) is 5.92 Å². The Bertz CT molecular complexity index is 358. The molecule has 6 heteroatoms. The zero-order chi connectivity index (χ0) is 12.3. The van der Waals surface area contributed by atoms with Crippen LogP contribution < -0.4 is 5.73 Å². The van der Waals surface area contributed by atoms with Crippen LogP contribution in [0.3, 0.4) is 0 Å². The van der Waals surface area contributed by atoms with Crippen molar-refractivity contribution < 1.29 is 4.52 Å². The van der Waals surface area contributed by atoms with E-state index in [4.69, 9.17) is 10.3 Å². The lowest BCUT2D eigenvalue weighted by Crippen LogP contribution is -2.17. The second-order valence-electron chi connectivity index (χ2n) is 4.34. The lowest BCUT2D eigenvalue weighted by molar-refractivity contribution is 0.350. The Balaban J connectivity index is 2.06. The molecule has 0 amide bonds. The highest BCUT2D eigenvalue weighted by atomic mass is 32.2. The van der Waals surface area contributed by atoms with Gasteiger partial charge in [-0.1, -0.05) is 19.0 Å². The van der Waals surface area contributed by atoms with Crippen molar-refractivity contribution in [3.05, 3.63) is 11.7 Å². The zero-order valence-corrected chi connectivity index (χ0v) is 11.9. The average Bonchev–Trinajstić information content (AvgIpc) is 2.79. The van der Waals surface area contributed by atoms with Crippen molar-refractivity contribution in [1.29, 1.82) is 0 Å². The minimum absolute atomic E-state index is 0.262. The van der Waals surface area contributed by atoms with Crippen LogP contribution >= 0.6 is 23.5 Å². The molecule has 2 rings (SSSR count). The third kappa shape index (κ3) is 3.17. The van der Waals surface area contributed by atoms with Crippen molar-refractivity contribution >= 4 is 23.5 Å². The lowest BCUT2D eigenvalue weighted by Gasteiger charge is -2.24. The standard InChI is InChI=1S/C11H19N3OS2/c1-7(3-4-12)11-13-10(14-15-11)9-8(2)16-5-6-17-9/h7-9H,3-6,12H2,1-2H3. The van der Waals surface area contributed by atoms with E-state index in [1.165, 1.54) is 11.5 Å².